The highest BCUT2D eigenvalue weighted by molar-refractivity contribution is 5.96. The van der Waals surface area contributed by atoms with Crippen LogP contribution >= 0.6 is 0 Å². The van der Waals surface area contributed by atoms with E-state index in [1.54, 1.807) is 28.8 Å². The Balaban J connectivity index is 0.00000117. The molecule has 26 heavy (non-hydrogen) atoms. The highest BCUT2D eigenvalue weighted by Gasteiger charge is 2.13. The van der Waals surface area contributed by atoms with Gasteiger partial charge in [-0.05, 0) is 30.7 Å². The van der Waals surface area contributed by atoms with Crippen LogP contribution in [-0.4, -0.2) is 27.0 Å². The monoisotopic (exact) mass is 349 g/mol. The lowest BCUT2D eigenvalue weighted by molar-refractivity contribution is 0.0953. The van der Waals surface area contributed by atoms with Crippen molar-refractivity contribution >= 4 is 11.6 Å². The smallest absolute Gasteiger partial charge is 0.251 e. The van der Waals surface area contributed by atoms with Gasteiger partial charge in [0.05, 0.1) is 17.3 Å². The van der Waals surface area contributed by atoms with Crippen molar-refractivity contribution in [2.45, 2.75) is 33.6 Å². The van der Waals surface area contributed by atoms with Crippen LogP contribution in [0.25, 0.3) is 16.9 Å². The molecule has 1 aromatic carbocycles. The minimum absolute atomic E-state index is 0.121. The first-order valence-electron chi connectivity index (χ1n) is 8.85. The number of nitriles is 1. The van der Waals surface area contributed by atoms with Gasteiger partial charge in [0, 0.05) is 17.7 Å². The van der Waals surface area contributed by atoms with Crippen LogP contribution in [0, 0.1) is 11.3 Å². The summed E-state index contributed by atoms with van der Waals surface area (Å²) >= 11 is 0. The topological polar surface area (TPSA) is 83.1 Å². The van der Waals surface area contributed by atoms with E-state index in [1.165, 1.54) is 6.33 Å². The number of pyridine rings is 1. The third-order valence-corrected chi connectivity index (χ3v) is 3.77. The Hall–Kier alpha value is -3.20. The Morgan fingerprint density at radius 2 is 1.96 bits per heavy atom. The summed E-state index contributed by atoms with van der Waals surface area (Å²) in [5, 5.41) is 16.1. The van der Waals surface area contributed by atoms with Crippen molar-refractivity contribution in [3.05, 3.63) is 53.9 Å². The van der Waals surface area contributed by atoms with Gasteiger partial charge in [-0.15, -0.1) is 0 Å². The van der Waals surface area contributed by atoms with Crippen molar-refractivity contribution in [3.8, 4) is 17.3 Å². The maximum Gasteiger partial charge on any atom is 0.251 e. The molecule has 1 N–H and O–H groups in total. The molecule has 0 unspecified atom stereocenters. The standard InChI is InChI=1S/C18H17N5O.C2H6/c1-2-3-8-20-18(24)15-9-16(23-17(10-15)21-12-22-23)14-6-4-13(11-19)5-7-14;1-2/h4-7,9-10,12H,2-3,8H2,1H3,(H,20,24);1-2H3. The van der Waals surface area contributed by atoms with Gasteiger partial charge in [0.2, 0.25) is 0 Å². The number of nitrogens with zero attached hydrogens (tertiary/aromatic N) is 4. The van der Waals surface area contributed by atoms with Crippen molar-refractivity contribution < 1.29 is 4.79 Å². The second-order valence-electron chi connectivity index (χ2n) is 5.46. The van der Waals surface area contributed by atoms with Crippen molar-refractivity contribution in [3.63, 3.8) is 0 Å². The second-order valence-corrected chi connectivity index (χ2v) is 5.46. The van der Waals surface area contributed by atoms with Gasteiger partial charge in [-0.25, -0.2) is 9.50 Å². The zero-order valence-electron chi connectivity index (χ0n) is 15.4. The molecule has 6 nitrogen and oxygen atoms in total. The summed E-state index contributed by atoms with van der Waals surface area (Å²) in [6.07, 6.45) is 3.43. The fourth-order valence-corrected chi connectivity index (χ4v) is 2.46. The molecule has 2 aromatic heterocycles. The minimum atomic E-state index is -0.121. The van der Waals surface area contributed by atoms with Crippen molar-refractivity contribution in [2.24, 2.45) is 0 Å². The van der Waals surface area contributed by atoms with E-state index < -0.39 is 0 Å². The lowest BCUT2D eigenvalue weighted by Crippen LogP contribution is -2.24. The summed E-state index contributed by atoms with van der Waals surface area (Å²) in [4.78, 5) is 16.6. The third-order valence-electron chi connectivity index (χ3n) is 3.77. The van der Waals surface area contributed by atoms with Gasteiger partial charge >= 0.3 is 0 Å². The second kappa shape index (κ2) is 9.33. The Labute approximate surface area is 153 Å². The molecular formula is C20H23N5O. The molecule has 0 spiro atoms. The first kappa shape index (κ1) is 19.1. The fourth-order valence-electron chi connectivity index (χ4n) is 2.46. The Morgan fingerprint density at radius 3 is 2.62 bits per heavy atom. The fraction of sp³-hybridized carbons (Fsp3) is 0.300. The molecule has 1 amide bonds. The summed E-state index contributed by atoms with van der Waals surface area (Å²) in [5.41, 5.74) is 3.37. The van der Waals surface area contributed by atoms with Gasteiger partial charge in [-0.1, -0.05) is 39.3 Å². The molecule has 0 aliphatic heterocycles. The number of carbonyl (C=O) groups excluding carboxylic acids is 1. The minimum Gasteiger partial charge on any atom is -0.352 e. The molecule has 3 aromatic rings. The average molecular weight is 349 g/mol. The zero-order valence-corrected chi connectivity index (χ0v) is 15.4. The predicted molar refractivity (Wildman–Crippen MR) is 102 cm³/mol. The summed E-state index contributed by atoms with van der Waals surface area (Å²) in [6.45, 7) is 6.73. The van der Waals surface area contributed by atoms with Gasteiger partial charge in [-0.2, -0.15) is 10.4 Å². The lowest BCUT2D eigenvalue weighted by Gasteiger charge is -2.09. The Bertz CT molecular complexity index is 906. The quantitative estimate of drug-likeness (QED) is 0.710. The molecule has 0 atom stereocenters. The van der Waals surface area contributed by atoms with E-state index in [4.69, 9.17) is 5.26 Å². The molecule has 0 saturated carbocycles. The number of hydrogen-bond acceptors (Lipinski definition) is 4. The molecule has 0 fully saturated rings. The number of hydrogen-bond donors (Lipinski definition) is 1. The van der Waals surface area contributed by atoms with Crippen LogP contribution in [0.4, 0.5) is 0 Å². The lowest BCUT2D eigenvalue weighted by atomic mass is 10.1. The number of rotatable bonds is 5. The summed E-state index contributed by atoms with van der Waals surface area (Å²) in [6, 6.07) is 12.8. The molecule has 0 radical (unpaired) electrons. The zero-order chi connectivity index (χ0) is 18.9. The van der Waals surface area contributed by atoms with Crippen LogP contribution in [0.2, 0.25) is 0 Å². The maximum atomic E-state index is 12.4. The first-order chi connectivity index (χ1) is 12.7. The summed E-state index contributed by atoms with van der Waals surface area (Å²) in [5.74, 6) is -0.121. The molecule has 0 aliphatic carbocycles. The normalized spacial score (nSPS) is 9.92. The molecule has 134 valence electrons. The number of nitrogens with one attached hydrogen (secondary N) is 1. The van der Waals surface area contributed by atoms with Gasteiger partial charge in [0.15, 0.2) is 5.65 Å². The van der Waals surface area contributed by atoms with E-state index in [-0.39, 0.29) is 5.91 Å². The first-order valence-corrected chi connectivity index (χ1v) is 8.85. The van der Waals surface area contributed by atoms with Crippen LogP contribution in [0.1, 0.15) is 49.5 Å². The molecule has 0 saturated heterocycles. The maximum absolute atomic E-state index is 12.4. The molecule has 6 heteroatoms. The molecule has 0 aliphatic rings. The van der Waals surface area contributed by atoms with E-state index >= 15 is 0 Å². The van der Waals surface area contributed by atoms with E-state index in [9.17, 15) is 4.79 Å². The molecule has 2 heterocycles. The largest absolute Gasteiger partial charge is 0.352 e. The number of benzene rings is 1. The van der Waals surface area contributed by atoms with Gasteiger partial charge in [0.25, 0.3) is 5.91 Å². The van der Waals surface area contributed by atoms with Gasteiger partial charge in [0.1, 0.15) is 6.33 Å². The van der Waals surface area contributed by atoms with Crippen LogP contribution in [0.15, 0.2) is 42.7 Å². The number of fused-ring (bicyclic) bond motifs is 1. The number of aromatic nitrogens is 3. The van der Waals surface area contributed by atoms with Crippen molar-refractivity contribution in [1.82, 2.24) is 19.9 Å². The Kier molecular flexibility index (Phi) is 6.86. The van der Waals surface area contributed by atoms with E-state index in [2.05, 4.69) is 28.4 Å². The Morgan fingerprint density at radius 1 is 1.23 bits per heavy atom. The highest BCUT2D eigenvalue weighted by atomic mass is 16.1. The van der Waals surface area contributed by atoms with E-state index in [1.807, 2.05) is 26.0 Å². The van der Waals surface area contributed by atoms with E-state index in [0.29, 0.717) is 23.3 Å². The number of unbranched alkanes of at least 4 members (excludes halogenated alkanes) is 1. The van der Waals surface area contributed by atoms with Crippen molar-refractivity contribution in [1.29, 1.82) is 5.26 Å². The predicted octanol–water partition coefficient (Wildman–Crippen LogP) is 3.82. The van der Waals surface area contributed by atoms with Gasteiger partial charge < -0.3 is 5.32 Å². The van der Waals surface area contributed by atoms with Crippen LogP contribution < -0.4 is 5.32 Å². The number of carbonyl (C=O) groups is 1. The molecule has 3 rings (SSSR count). The summed E-state index contributed by atoms with van der Waals surface area (Å²) in [7, 11) is 0. The van der Waals surface area contributed by atoms with Crippen LogP contribution in [-0.2, 0) is 0 Å². The SMILES string of the molecule is CC.CCCCNC(=O)c1cc(-c2ccc(C#N)cc2)n2ncnc2c1. The van der Waals surface area contributed by atoms with Crippen LogP contribution in [0.5, 0.6) is 0 Å². The van der Waals surface area contributed by atoms with E-state index in [0.717, 1.165) is 24.1 Å². The number of amides is 1. The average Bonchev–Trinajstić information content (AvgIpc) is 3.17. The third kappa shape index (κ3) is 4.25. The summed E-state index contributed by atoms with van der Waals surface area (Å²) < 4.78 is 1.68. The highest BCUT2D eigenvalue weighted by Crippen LogP contribution is 2.22. The molecular weight excluding hydrogens is 326 g/mol. The van der Waals surface area contributed by atoms with Gasteiger partial charge in [-0.3, -0.25) is 4.79 Å². The molecule has 0 bridgehead atoms. The van der Waals surface area contributed by atoms with Crippen LogP contribution in [0.3, 0.4) is 0 Å². The van der Waals surface area contributed by atoms with Crippen molar-refractivity contribution in [2.75, 3.05) is 6.54 Å².